The molecule has 0 saturated carbocycles. The highest BCUT2D eigenvalue weighted by Crippen LogP contribution is 2.19. The monoisotopic (exact) mass is 269 g/mol. The average Bonchev–Trinajstić information content (AvgIpc) is 2.78. The molecule has 0 saturated heterocycles. The Labute approximate surface area is 111 Å². The van der Waals surface area contributed by atoms with Gasteiger partial charge in [0.25, 0.3) is 0 Å². The van der Waals surface area contributed by atoms with Gasteiger partial charge in [0.15, 0.2) is 0 Å². The lowest BCUT2D eigenvalue weighted by atomic mass is 10.4. The molecular weight excluding hydrogens is 250 g/mol. The summed E-state index contributed by atoms with van der Waals surface area (Å²) in [6.45, 7) is 4.72. The first-order valence-electron chi connectivity index (χ1n) is 6.28. The van der Waals surface area contributed by atoms with E-state index in [1.165, 1.54) is 5.69 Å². The van der Waals surface area contributed by atoms with Crippen molar-refractivity contribution >= 4 is 17.7 Å². The molecule has 1 aromatic heterocycles. The molecule has 100 valence electrons. The zero-order valence-electron chi connectivity index (χ0n) is 10.6. The maximum absolute atomic E-state index is 11.2. The molecule has 6 heteroatoms. The molecule has 1 aliphatic rings. The fraction of sp³-hybridized carbons (Fsp3) is 0.667. The summed E-state index contributed by atoms with van der Waals surface area (Å²) in [5, 5.41) is 3.26. The van der Waals surface area contributed by atoms with E-state index in [4.69, 9.17) is 4.74 Å². The Bertz CT molecular complexity index is 406. The molecule has 0 unspecified atom stereocenters. The standard InChI is InChI=1S/C12H19N3O2S/c1-2-17-12(16)3-4-13-7-10-8-14-11-9-18-6-5-15(10)11/h8,13H,2-7,9H2,1H3. The molecule has 0 amide bonds. The van der Waals surface area contributed by atoms with Crippen LogP contribution in [0.2, 0.25) is 0 Å². The van der Waals surface area contributed by atoms with Crippen LogP contribution in [0.5, 0.6) is 0 Å². The summed E-state index contributed by atoms with van der Waals surface area (Å²) >= 11 is 1.92. The zero-order chi connectivity index (χ0) is 12.8. The molecule has 1 aliphatic heterocycles. The van der Waals surface area contributed by atoms with Crippen molar-refractivity contribution < 1.29 is 9.53 Å². The summed E-state index contributed by atoms with van der Waals surface area (Å²) in [4.78, 5) is 15.6. The number of carbonyl (C=O) groups is 1. The van der Waals surface area contributed by atoms with Crippen molar-refractivity contribution in [1.82, 2.24) is 14.9 Å². The highest BCUT2D eigenvalue weighted by molar-refractivity contribution is 7.98. The highest BCUT2D eigenvalue weighted by Gasteiger charge is 2.13. The van der Waals surface area contributed by atoms with Crippen molar-refractivity contribution in [2.75, 3.05) is 18.9 Å². The quantitative estimate of drug-likeness (QED) is 0.620. The number of hydrogen-bond acceptors (Lipinski definition) is 5. The second-order valence-electron chi connectivity index (χ2n) is 4.10. The van der Waals surface area contributed by atoms with Crippen LogP contribution in [0.25, 0.3) is 0 Å². The third kappa shape index (κ3) is 3.49. The predicted molar refractivity (Wildman–Crippen MR) is 71.3 cm³/mol. The Morgan fingerprint density at radius 3 is 3.39 bits per heavy atom. The van der Waals surface area contributed by atoms with Crippen LogP contribution in [0.4, 0.5) is 0 Å². The molecule has 0 aliphatic carbocycles. The maximum Gasteiger partial charge on any atom is 0.307 e. The van der Waals surface area contributed by atoms with Gasteiger partial charge in [0.2, 0.25) is 0 Å². The van der Waals surface area contributed by atoms with Crippen molar-refractivity contribution in [2.24, 2.45) is 0 Å². The highest BCUT2D eigenvalue weighted by atomic mass is 32.2. The largest absolute Gasteiger partial charge is 0.466 e. The third-order valence-electron chi connectivity index (χ3n) is 2.83. The third-order valence-corrected chi connectivity index (χ3v) is 3.76. The second kappa shape index (κ2) is 6.80. The summed E-state index contributed by atoms with van der Waals surface area (Å²) in [5.41, 5.74) is 1.20. The van der Waals surface area contributed by atoms with Crippen molar-refractivity contribution in [3.63, 3.8) is 0 Å². The van der Waals surface area contributed by atoms with E-state index in [1.54, 1.807) is 0 Å². The summed E-state index contributed by atoms with van der Waals surface area (Å²) in [7, 11) is 0. The van der Waals surface area contributed by atoms with Crippen LogP contribution < -0.4 is 5.32 Å². The molecule has 18 heavy (non-hydrogen) atoms. The number of imidazole rings is 1. The minimum Gasteiger partial charge on any atom is -0.466 e. The van der Waals surface area contributed by atoms with Crippen LogP contribution in [0.1, 0.15) is 24.9 Å². The van der Waals surface area contributed by atoms with Gasteiger partial charge < -0.3 is 14.6 Å². The molecule has 2 heterocycles. The van der Waals surface area contributed by atoms with Gasteiger partial charge in [-0.25, -0.2) is 4.98 Å². The molecule has 0 fully saturated rings. The van der Waals surface area contributed by atoms with Crippen LogP contribution in [0.3, 0.4) is 0 Å². The Morgan fingerprint density at radius 2 is 2.56 bits per heavy atom. The second-order valence-corrected chi connectivity index (χ2v) is 5.21. The summed E-state index contributed by atoms with van der Waals surface area (Å²) < 4.78 is 7.14. The first-order chi connectivity index (χ1) is 8.81. The number of nitrogens with zero attached hydrogens (tertiary/aromatic N) is 2. The van der Waals surface area contributed by atoms with E-state index in [0.29, 0.717) is 19.6 Å². The number of hydrogen-bond donors (Lipinski definition) is 1. The Hall–Kier alpha value is -1.01. The van der Waals surface area contributed by atoms with Crippen LogP contribution in [0, 0.1) is 0 Å². The van der Waals surface area contributed by atoms with Crippen LogP contribution in [-0.2, 0) is 28.4 Å². The van der Waals surface area contributed by atoms with Crippen LogP contribution in [-0.4, -0.2) is 34.4 Å². The molecule has 1 N–H and O–H groups in total. The van der Waals surface area contributed by atoms with E-state index in [2.05, 4.69) is 14.9 Å². The molecule has 5 nitrogen and oxygen atoms in total. The van der Waals surface area contributed by atoms with Crippen LogP contribution in [0.15, 0.2) is 6.20 Å². The zero-order valence-corrected chi connectivity index (χ0v) is 11.5. The lowest BCUT2D eigenvalue weighted by molar-refractivity contribution is -0.142. The average molecular weight is 269 g/mol. The van der Waals surface area contributed by atoms with Gasteiger partial charge in [-0.15, -0.1) is 0 Å². The SMILES string of the molecule is CCOC(=O)CCNCc1cnc2n1CCSC2. The summed E-state index contributed by atoms with van der Waals surface area (Å²) in [5.74, 6) is 3.17. The summed E-state index contributed by atoms with van der Waals surface area (Å²) in [6, 6.07) is 0. The number of carbonyl (C=O) groups excluding carboxylic acids is 1. The lowest BCUT2D eigenvalue weighted by Gasteiger charge is -2.16. The van der Waals surface area contributed by atoms with E-state index in [-0.39, 0.29) is 5.97 Å². The molecule has 0 aromatic carbocycles. The van der Waals surface area contributed by atoms with Crippen molar-refractivity contribution in [1.29, 1.82) is 0 Å². The first kappa shape index (κ1) is 13.4. The number of aromatic nitrogens is 2. The Morgan fingerprint density at radius 1 is 1.67 bits per heavy atom. The molecule has 0 atom stereocenters. The predicted octanol–water partition coefficient (Wildman–Crippen LogP) is 1.17. The van der Waals surface area contributed by atoms with Gasteiger partial charge in [0.1, 0.15) is 5.82 Å². The van der Waals surface area contributed by atoms with E-state index < -0.39 is 0 Å². The van der Waals surface area contributed by atoms with Crippen molar-refractivity contribution in [3.8, 4) is 0 Å². The normalized spacial score (nSPS) is 14.3. The number of ether oxygens (including phenoxy) is 1. The molecule has 1 aromatic rings. The summed E-state index contributed by atoms with van der Waals surface area (Å²) in [6.07, 6.45) is 2.35. The number of thioether (sulfide) groups is 1. The van der Waals surface area contributed by atoms with Gasteiger partial charge in [-0.1, -0.05) is 0 Å². The number of nitrogens with one attached hydrogen (secondary N) is 1. The molecule has 0 bridgehead atoms. The fourth-order valence-corrected chi connectivity index (χ4v) is 2.81. The van der Waals surface area contributed by atoms with E-state index in [0.717, 1.165) is 30.4 Å². The van der Waals surface area contributed by atoms with Crippen LogP contribution >= 0.6 is 11.8 Å². The minimum atomic E-state index is -0.142. The number of esters is 1. The van der Waals surface area contributed by atoms with E-state index in [1.807, 2.05) is 24.9 Å². The minimum absolute atomic E-state index is 0.142. The number of rotatable bonds is 6. The van der Waals surface area contributed by atoms with Gasteiger partial charge >= 0.3 is 5.97 Å². The fourth-order valence-electron chi connectivity index (χ4n) is 1.94. The maximum atomic E-state index is 11.2. The molecule has 0 spiro atoms. The Kier molecular flexibility index (Phi) is 5.07. The van der Waals surface area contributed by atoms with E-state index in [9.17, 15) is 4.79 Å². The lowest BCUT2D eigenvalue weighted by Crippen LogP contribution is -2.22. The topological polar surface area (TPSA) is 56.1 Å². The van der Waals surface area contributed by atoms with Gasteiger partial charge in [-0.05, 0) is 6.92 Å². The molecule has 2 rings (SSSR count). The first-order valence-corrected chi connectivity index (χ1v) is 7.44. The number of fused-ring (bicyclic) bond motifs is 1. The van der Waals surface area contributed by atoms with Gasteiger partial charge in [0, 0.05) is 31.6 Å². The van der Waals surface area contributed by atoms with Crippen molar-refractivity contribution in [2.45, 2.75) is 32.2 Å². The Balaban J connectivity index is 1.74. The molecular formula is C12H19N3O2S. The van der Waals surface area contributed by atoms with Crippen molar-refractivity contribution in [3.05, 3.63) is 17.7 Å². The van der Waals surface area contributed by atoms with Gasteiger partial charge in [-0.2, -0.15) is 11.8 Å². The van der Waals surface area contributed by atoms with Gasteiger partial charge in [0.05, 0.1) is 24.5 Å². The smallest absolute Gasteiger partial charge is 0.307 e. The van der Waals surface area contributed by atoms with Gasteiger partial charge in [-0.3, -0.25) is 4.79 Å². The molecule has 0 radical (unpaired) electrons. The van der Waals surface area contributed by atoms with E-state index >= 15 is 0 Å².